The topological polar surface area (TPSA) is 61.4 Å². The van der Waals surface area contributed by atoms with E-state index in [0.717, 1.165) is 16.3 Å². The predicted octanol–water partition coefficient (Wildman–Crippen LogP) is 1.39. The predicted molar refractivity (Wildman–Crippen MR) is 84.8 cm³/mol. The molecule has 0 amide bonds. The molecule has 1 unspecified atom stereocenters. The maximum atomic E-state index is 12.3. The number of nitrogens with zero attached hydrogens (tertiary/aromatic N) is 1. The Kier molecular flexibility index (Phi) is 6.60. The lowest BCUT2D eigenvalue weighted by Gasteiger charge is -2.19. The fourth-order valence-corrected chi connectivity index (χ4v) is 4.34. The van der Waals surface area contributed by atoms with Crippen LogP contribution in [0, 0.1) is 6.92 Å². The summed E-state index contributed by atoms with van der Waals surface area (Å²) in [6.45, 7) is 7.86. The van der Waals surface area contributed by atoms with Gasteiger partial charge in [-0.15, -0.1) is 11.3 Å². The minimum atomic E-state index is -3.42. The lowest BCUT2D eigenvalue weighted by molar-refractivity contribution is 0.314. The number of thiophene rings is 1. The van der Waals surface area contributed by atoms with Crippen molar-refractivity contribution >= 4 is 21.4 Å². The normalized spacial score (nSPS) is 13.9. The average molecular weight is 319 g/mol. The van der Waals surface area contributed by atoms with Gasteiger partial charge >= 0.3 is 0 Å². The maximum absolute atomic E-state index is 12.3. The fraction of sp³-hybridized carbons (Fsp3) is 0.692. The van der Waals surface area contributed by atoms with Gasteiger partial charge < -0.3 is 10.2 Å². The Bertz CT molecular complexity index is 524. The lowest BCUT2D eigenvalue weighted by Crippen LogP contribution is -2.38. The van der Waals surface area contributed by atoms with Gasteiger partial charge in [0, 0.05) is 28.9 Å². The zero-order chi connectivity index (χ0) is 15.3. The molecule has 2 N–H and O–H groups in total. The van der Waals surface area contributed by atoms with Crippen molar-refractivity contribution in [2.45, 2.75) is 38.3 Å². The molecule has 1 atom stereocenters. The smallest absolute Gasteiger partial charge is 0.241 e. The van der Waals surface area contributed by atoms with E-state index in [0.29, 0.717) is 18.0 Å². The third-order valence-electron chi connectivity index (χ3n) is 3.21. The summed E-state index contributed by atoms with van der Waals surface area (Å²) in [5.74, 6) is 0. The van der Waals surface area contributed by atoms with E-state index in [1.165, 1.54) is 11.3 Å². The zero-order valence-electron chi connectivity index (χ0n) is 12.9. The molecule has 0 aliphatic rings. The van der Waals surface area contributed by atoms with Gasteiger partial charge in [0.2, 0.25) is 10.0 Å². The van der Waals surface area contributed by atoms with E-state index in [1.807, 2.05) is 39.8 Å². The highest BCUT2D eigenvalue weighted by molar-refractivity contribution is 7.89. The van der Waals surface area contributed by atoms with E-state index in [4.69, 9.17) is 0 Å². The van der Waals surface area contributed by atoms with Crippen LogP contribution in [0.1, 0.15) is 23.6 Å². The minimum Gasteiger partial charge on any atom is -0.312 e. The van der Waals surface area contributed by atoms with Crippen LogP contribution in [-0.4, -0.2) is 46.5 Å². The largest absolute Gasteiger partial charge is 0.312 e. The molecule has 0 aliphatic heterocycles. The molecule has 0 bridgehead atoms. The van der Waals surface area contributed by atoms with E-state index in [9.17, 15) is 8.42 Å². The molecule has 1 aromatic heterocycles. The average Bonchev–Trinajstić information content (AvgIpc) is 2.75. The van der Waals surface area contributed by atoms with Crippen LogP contribution in [0.5, 0.6) is 0 Å². The van der Waals surface area contributed by atoms with Crippen LogP contribution in [0.25, 0.3) is 0 Å². The molecule has 1 heterocycles. The molecule has 0 aromatic carbocycles. The van der Waals surface area contributed by atoms with Gasteiger partial charge in [0.05, 0.1) is 4.90 Å². The van der Waals surface area contributed by atoms with Gasteiger partial charge in [-0.25, -0.2) is 13.1 Å². The van der Waals surface area contributed by atoms with Crippen LogP contribution >= 0.6 is 11.3 Å². The van der Waals surface area contributed by atoms with Crippen molar-refractivity contribution in [2.24, 2.45) is 0 Å². The first-order chi connectivity index (χ1) is 9.27. The van der Waals surface area contributed by atoms with E-state index in [2.05, 4.69) is 10.0 Å². The van der Waals surface area contributed by atoms with Crippen LogP contribution in [0.15, 0.2) is 11.0 Å². The highest BCUT2D eigenvalue weighted by atomic mass is 32.2. The molecule has 0 radical (unpaired) electrons. The number of rotatable bonds is 8. The molecule has 20 heavy (non-hydrogen) atoms. The number of aryl methyl sites for hydroxylation is 1. The molecule has 0 aliphatic carbocycles. The van der Waals surface area contributed by atoms with E-state index < -0.39 is 10.0 Å². The van der Waals surface area contributed by atoms with Crippen LogP contribution in [0.3, 0.4) is 0 Å². The van der Waals surface area contributed by atoms with Crippen LogP contribution < -0.4 is 10.0 Å². The summed E-state index contributed by atoms with van der Waals surface area (Å²) in [5.41, 5.74) is 0. The molecular weight excluding hydrogens is 294 g/mol. The monoisotopic (exact) mass is 319 g/mol. The molecule has 116 valence electrons. The number of hydrogen-bond donors (Lipinski definition) is 2. The van der Waals surface area contributed by atoms with E-state index in [-0.39, 0.29) is 6.04 Å². The number of likely N-dealkylation sites (N-methyl/N-ethyl adjacent to an activating group) is 1. The van der Waals surface area contributed by atoms with Gasteiger partial charge in [-0.05, 0) is 40.6 Å². The summed E-state index contributed by atoms with van der Waals surface area (Å²) in [4.78, 5) is 4.27. The lowest BCUT2D eigenvalue weighted by atomic mass is 10.3. The second-order valence-corrected chi connectivity index (χ2v) is 8.15. The third kappa shape index (κ3) is 4.82. The first kappa shape index (κ1) is 17.6. The van der Waals surface area contributed by atoms with Gasteiger partial charge in [-0.3, -0.25) is 0 Å². The Hall–Kier alpha value is -0.470. The van der Waals surface area contributed by atoms with Crippen molar-refractivity contribution in [3.05, 3.63) is 15.8 Å². The number of nitrogens with one attached hydrogen (secondary N) is 2. The van der Waals surface area contributed by atoms with Gasteiger partial charge in [-0.2, -0.15) is 0 Å². The maximum Gasteiger partial charge on any atom is 0.241 e. The van der Waals surface area contributed by atoms with E-state index >= 15 is 0 Å². The Morgan fingerprint density at radius 2 is 2.05 bits per heavy atom. The molecule has 0 spiro atoms. The Morgan fingerprint density at radius 3 is 2.60 bits per heavy atom. The standard InChI is InChI=1S/C13H25N3O2S2/c1-6-14-9-12-7-13(11(3)19-12)20(17,18)15-8-10(2)16(4)5/h7,10,14-15H,6,8-9H2,1-5H3. The van der Waals surface area contributed by atoms with Crippen LogP contribution in [0.2, 0.25) is 0 Å². The second-order valence-electron chi connectivity index (χ2n) is 5.08. The molecule has 0 saturated carbocycles. The summed E-state index contributed by atoms with van der Waals surface area (Å²) in [5, 5.41) is 3.21. The molecular formula is C13H25N3O2S2. The molecule has 1 rings (SSSR count). The van der Waals surface area contributed by atoms with Crippen LogP contribution in [-0.2, 0) is 16.6 Å². The van der Waals surface area contributed by atoms with Crippen LogP contribution in [0.4, 0.5) is 0 Å². The van der Waals surface area contributed by atoms with Crippen molar-refractivity contribution in [3.63, 3.8) is 0 Å². The molecule has 5 nitrogen and oxygen atoms in total. The first-order valence-corrected chi connectivity index (χ1v) is 9.04. The summed E-state index contributed by atoms with van der Waals surface area (Å²) in [6, 6.07) is 1.93. The Labute approximate surface area is 126 Å². The zero-order valence-corrected chi connectivity index (χ0v) is 14.5. The van der Waals surface area contributed by atoms with Gasteiger partial charge in [0.15, 0.2) is 0 Å². The summed E-state index contributed by atoms with van der Waals surface area (Å²) in [6.07, 6.45) is 0. The fourth-order valence-electron chi connectivity index (χ4n) is 1.62. The third-order valence-corrected chi connectivity index (χ3v) is 5.94. The van der Waals surface area contributed by atoms with Crippen molar-refractivity contribution < 1.29 is 8.42 Å². The van der Waals surface area contributed by atoms with Crippen molar-refractivity contribution in [1.82, 2.24) is 14.9 Å². The van der Waals surface area contributed by atoms with Gasteiger partial charge in [0.1, 0.15) is 0 Å². The van der Waals surface area contributed by atoms with Gasteiger partial charge in [0.25, 0.3) is 0 Å². The molecule has 0 saturated heterocycles. The quantitative estimate of drug-likeness (QED) is 0.760. The summed E-state index contributed by atoms with van der Waals surface area (Å²) in [7, 11) is 0.450. The number of sulfonamides is 1. The first-order valence-electron chi connectivity index (χ1n) is 6.74. The minimum absolute atomic E-state index is 0.157. The molecule has 0 fully saturated rings. The van der Waals surface area contributed by atoms with Crippen molar-refractivity contribution in [1.29, 1.82) is 0 Å². The molecule has 1 aromatic rings. The second kappa shape index (κ2) is 7.51. The van der Waals surface area contributed by atoms with Gasteiger partial charge in [-0.1, -0.05) is 6.92 Å². The number of hydrogen-bond acceptors (Lipinski definition) is 5. The van der Waals surface area contributed by atoms with Crippen molar-refractivity contribution in [3.8, 4) is 0 Å². The Morgan fingerprint density at radius 1 is 1.40 bits per heavy atom. The SMILES string of the molecule is CCNCc1cc(S(=O)(=O)NCC(C)N(C)C)c(C)s1. The highest BCUT2D eigenvalue weighted by Crippen LogP contribution is 2.25. The summed E-state index contributed by atoms with van der Waals surface area (Å²) >= 11 is 1.53. The Balaban J connectivity index is 2.79. The van der Waals surface area contributed by atoms with E-state index in [1.54, 1.807) is 6.07 Å². The molecule has 7 heteroatoms. The highest BCUT2D eigenvalue weighted by Gasteiger charge is 2.20. The van der Waals surface area contributed by atoms with Crippen molar-refractivity contribution in [2.75, 3.05) is 27.2 Å². The summed E-state index contributed by atoms with van der Waals surface area (Å²) < 4.78 is 27.3.